The zero-order valence-corrected chi connectivity index (χ0v) is 14.8. The van der Waals surface area contributed by atoms with E-state index in [0.717, 1.165) is 23.5 Å². The summed E-state index contributed by atoms with van der Waals surface area (Å²) in [5, 5.41) is 3.50. The molecule has 21 heavy (non-hydrogen) atoms. The number of aromatic nitrogens is 2. The number of nitrogens with one attached hydrogen (secondary N) is 1. The fourth-order valence-electron chi connectivity index (χ4n) is 1.64. The maximum atomic E-state index is 5.83. The van der Waals surface area contributed by atoms with Crippen LogP contribution in [0.5, 0.6) is 0 Å². The zero-order valence-electron chi connectivity index (χ0n) is 14.0. The number of anilines is 1. The zero-order chi connectivity index (χ0) is 16.4. The molecule has 1 N–H and O–H groups in total. The van der Waals surface area contributed by atoms with Gasteiger partial charge in [0.2, 0.25) is 5.28 Å². The van der Waals surface area contributed by atoms with Crippen molar-refractivity contribution in [3.63, 3.8) is 0 Å². The minimum atomic E-state index is 0.226. The van der Waals surface area contributed by atoms with Gasteiger partial charge in [0, 0.05) is 32.9 Å². The molecule has 5 nitrogen and oxygen atoms in total. The number of aryl methyl sites for hydroxylation is 1. The van der Waals surface area contributed by atoms with Crippen LogP contribution in [0.25, 0.3) is 0 Å². The molecule has 118 valence electrons. The number of aliphatic imine (C=N–C) groups is 1. The highest BCUT2D eigenvalue weighted by molar-refractivity contribution is 6.28. The highest BCUT2D eigenvalue weighted by Crippen LogP contribution is 2.16. The van der Waals surface area contributed by atoms with Gasteiger partial charge in [0.15, 0.2) is 0 Å². The Bertz CT molecular complexity index is 495. The molecule has 0 aliphatic carbocycles. The molecule has 0 saturated heterocycles. The van der Waals surface area contributed by atoms with Crippen LogP contribution in [-0.4, -0.2) is 41.8 Å². The first-order valence-corrected chi connectivity index (χ1v) is 7.48. The van der Waals surface area contributed by atoms with Gasteiger partial charge in [-0.25, -0.2) is 9.97 Å². The molecule has 0 fully saturated rings. The Morgan fingerprint density at radius 3 is 2.52 bits per heavy atom. The Labute approximate surface area is 133 Å². The third kappa shape index (κ3) is 6.12. The molecule has 0 aliphatic rings. The first-order valence-electron chi connectivity index (χ1n) is 7.10. The predicted molar refractivity (Wildman–Crippen MR) is 92.2 cm³/mol. The minimum absolute atomic E-state index is 0.226. The normalized spacial score (nSPS) is 11.6. The lowest BCUT2D eigenvalue weighted by molar-refractivity contribution is 0.620. The summed E-state index contributed by atoms with van der Waals surface area (Å²) in [6, 6.07) is 0. The Morgan fingerprint density at radius 2 is 2.05 bits per heavy atom. The van der Waals surface area contributed by atoms with Gasteiger partial charge < -0.3 is 10.2 Å². The number of rotatable bonds is 4. The van der Waals surface area contributed by atoms with Gasteiger partial charge in [-0.1, -0.05) is 26.8 Å². The van der Waals surface area contributed by atoms with E-state index >= 15 is 0 Å². The van der Waals surface area contributed by atoms with E-state index in [1.165, 1.54) is 0 Å². The second kappa shape index (κ2) is 10.2. The van der Waals surface area contributed by atoms with Gasteiger partial charge in [0.05, 0.1) is 5.70 Å². The third-order valence-electron chi connectivity index (χ3n) is 2.48. The van der Waals surface area contributed by atoms with Crippen LogP contribution in [0.3, 0.4) is 0 Å². The van der Waals surface area contributed by atoms with E-state index in [9.17, 15) is 0 Å². The summed E-state index contributed by atoms with van der Waals surface area (Å²) in [6.07, 6.45) is 4.66. The van der Waals surface area contributed by atoms with Crippen LogP contribution in [0, 0.1) is 6.92 Å². The van der Waals surface area contributed by atoms with Crippen molar-refractivity contribution in [1.82, 2.24) is 14.9 Å². The number of likely N-dealkylation sites (N-methyl/N-ethyl adjacent to an activating group) is 1. The van der Waals surface area contributed by atoms with Crippen molar-refractivity contribution in [2.24, 2.45) is 4.99 Å². The lowest BCUT2D eigenvalue weighted by Gasteiger charge is -2.20. The predicted octanol–water partition coefficient (Wildman–Crippen LogP) is 3.76. The maximum absolute atomic E-state index is 5.83. The lowest BCUT2D eigenvalue weighted by atomic mass is 10.2. The SMILES string of the molecule is CC.CC/C=C(/Nc1nc(Cl)ncc1C)C(=NC)N(C)C. The van der Waals surface area contributed by atoms with E-state index in [1.807, 2.05) is 39.8 Å². The Kier molecular flexibility index (Phi) is 9.37. The van der Waals surface area contributed by atoms with Crippen LogP contribution >= 0.6 is 11.6 Å². The number of hydrogen-bond acceptors (Lipinski definition) is 4. The molecule has 0 saturated carbocycles. The summed E-state index contributed by atoms with van der Waals surface area (Å²) < 4.78 is 0. The summed E-state index contributed by atoms with van der Waals surface area (Å²) in [4.78, 5) is 14.4. The van der Waals surface area contributed by atoms with Gasteiger partial charge in [0.1, 0.15) is 11.7 Å². The molecule has 0 aromatic carbocycles. The molecule has 1 aromatic rings. The molecule has 0 spiro atoms. The molecule has 0 bridgehead atoms. The fraction of sp³-hybridized carbons (Fsp3) is 0.533. The molecule has 0 aliphatic heterocycles. The first-order chi connectivity index (χ1) is 9.99. The molecule has 0 radical (unpaired) electrons. The Hall–Kier alpha value is -1.62. The topological polar surface area (TPSA) is 53.4 Å². The highest BCUT2D eigenvalue weighted by atomic mass is 35.5. The second-order valence-corrected chi connectivity index (χ2v) is 4.60. The average Bonchev–Trinajstić information content (AvgIpc) is 2.45. The summed E-state index contributed by atoms with van der Waals surface area (Å²) in [7, 11) is 5.67. The number of allylic oxidation sites excluding steroid dienone is 1. The van der Waals surface area contributed by atoms with Crippen LogP contribution in [0.15, 0.2) is 23.0 Å². The van der Waals surface area contributed by atoms with Crippen LogP contribution < -0.4 is 5.32 Å². The van der Waals surface area contributed by atoms with Gasteiger partial charge in [-0.05, 0) is 24.9 Å². The quantitative estimate of drug-likeness (QED) is 0.522. The monoisotopic (exact) mass is 311 g/mol. The largest absolute Gasteiger partial charge is 0.361 e. The van der Waals surface area contributed by atoms with E-state index in [2.05, 4.69) is 33.3 Å². The third-order valence-corrected chi connectivity index (χ3v) is 2.66. The molecule has 1 rings (SSSR count). The van der Waals surface area contributed by atoms with Crippen molar-refractivity contribution in [3.05, 3.63) is 28.8 Å². The second-order valence-electron chi connectivity index (χ2n) is 4.26. The Morgan fingerprint density at radius 1 is 1.43 bits per heavy atom. The van der Waals surface area contributed by atoms with Crippen LogP contribution in [-0.2, 0) is 0 Å². The van der Waals surface area contributed by atoms with E-state index in [0.29, 0.717) is 5.82 Å². The average molecular weight is 312 g/mol. The van der Waals surface area contributed by atoms with Crippen molar-refractivity contribution >= 4 is 23.3 Å². The molecule has 1 aromatic heterocycles. The summed E-state index contributed by atoms with van der Waals surface area (Å²) >= 11 is 5.83. The van der Waals surface area contributed by atoms with Gasteiger partial charge in [0.25, 0.3) is 0 Å². The van der Waals surface area contributed by atoms with E-state index in [1.54, 1.807) is 13.2 Å². The van der Waals surface area contributed by atoms with Gasteiger partial charge in [-0.3, -0.25) is 4.99 Å². The van der Waals surface area contributed by atoms with Crippen molar-refractivity contribution in [2.75, 3.05) is 26.5 Å². The Balaban J connectivity index is 0.00000191. The van der Waals surface area contributed by atoms with Crippen LogP contribution in [0.4, 0.5) is 5.82 Å². The number of amidine groups is 1. The fourth-order valence-corrected chi connectivity index (χ4v) is 1.77. The molecule has 0 amide bonds. The number of nitrogens with zero attached hydrogens (tertiary/aromatic N) is 4. The molecular weight excluding hydrogens is 286 g/mol. The van der Waals surface area contributed by atoms with Gasteiger partial charge in [-0.2, -0.15) is 0 Å². The molecule has 0 atom stereocenters. The van der Waals surface area contributed by atoms with Crippen molar-refractivity contribution in [2.45, 2.75) is 34.1 Å². The molecular formula is C15H26ClN5. The highest BCUT2D eigenvalue weighted by Gasteiger charge is 2.11. The standard InChI is InChI=1S/C13H20ClN5.C2H6/c1-6-7-10(12(15-3)19(4)5)17-11-9(2)8-16-13(14)18-11;1-2/h7-8H,6H2,1-5H3,(H,16,17,18);1-2H3/b10-7+,15-12?;. The maximum Gasteiger partial charge on any atom is 0.224 e. The van der Waals surface area contributed by atoms with Gasteiger partial charge in [-0.15, -0.1) is 0 Å². The summed E-state index contributed by atoms with van der Waals surface area (Å²) in [5.74, 6) is 1.55. The van der Waals surface area contributed by atoms with Crippen molar-refractivity contribution in [1.29, 1.82) is 0 Å². The van der Waals surface area contributed by atoms with Crippen molar-refractivity contribution < 1.29 is 0 Å². The minimum Gasteiger partial charge on any atom is -0.361 e. The van der Waals surface area contributed by atoms with Gasteiger partial charge >= 0.3 is 0 Å². The first kappa shape index (κ1) is 19.4. The number of halogens is 1. The van der Waals surface area contributed by atoms with Crippen LogP contribution in [0.1, 0.15) is 32.8 Å². The molecule has 1 heterocycles. The summed E-state index contributed by atoms with van der Waals surface area (Å²) in [5.41, 5.74) is 1.84. The number of hydrogen-bond donors (Lipinski definition) is 1. The van der Waals surface area contributed by atoms with Crippen LogP contribution in [0.2, 0.25) is 5.28 Å². The smallest absolute Gasteiger partial charge is 0.224 e. The van der Waals surface area contributed by atoms with E-state index < -0.39 is 0 Å². The molecule has 0 unspecified atom stereocenters. The van der Waals surface area contributed by atoms with Crippen molar-refractivity contribution in [3.8, 4) is 0 Å². The van der Waals surface area contributed by atoms with E-state index in [-0.39, 0.29) is 5.28 Å². The van der Waals surface area contributed by atoms with E-state index in [4.69, 9.17) is 11.6 Å². The molecule has 6 heteroatoms. The lowest BCUT2D eigenvalue weighted by Crippen LogP contribution is -2.27. The summed E-state index contributed by atoms with van der Waals surface area (Å²) in [6.45, 7) is 8.01.